The topological polar surface area (TPSA) is 38.0 Å². The minimum Gasteiger partial charge on any atom is -0.388 e. The third kappa shape index (κ3) is 3.20. The molecular formula is C15H20N2O. The monoisotopic (exact) mass is 244 g/mol. The van der Waals surface area contributed by atoms with Gasteiger partial charge in [0.1, 0.15) is 5.82 Å². The van der Waals surface area contributed by atoms with Gasteiger partial charge in [-0.15, -0.1) is 0 Å². The molecule has 0 aliphatic heterocycles. The van der Waals surface area contributed by atoms with Gasteiger partial charge in [-0.3, -0.25) is 0 Å². The second-order valence-electron chi connectivity index (χ2n) is 4.50. The van der Waals surface area contributed by atoms with Crippen LogP contribution in [0.4, 0.5) is 0 Å². The fourth-order valence-corrected chi connectivity index (χ4v) is 2.10. The van der Waals surface area contributed by atoms with E-state index in [1.54, 1.807) is 0 Å². The summed E-state index contributed by atoms with van der Waals surface area (Å²) >= 11 is 0. The molecule has 0 aliphatic rings. The van der Waals surface area contributed by atoms with E-state index < -0.39 is 6.10 Å². The van der Waals surface area contributed by atoms with Crippen molar-refractivity contribution in [2.45, 2.75) is 38.8 Å². The Hall–Kier alpha value is -1.61. The molecule has 1 aromatic carbocycles. The van der Waals surface area contributed by atoms with E-state index in [4.69, 9.17) is 0 Å². The Labute approximate surface area is 108 Å². The summed E-state index contributed by atoms with van der Waals surface area (Å²) in [6, 6.07) is 9.80. The van der Waals surface area contributed by atoms with Crippen LogP contribution in [0.5, 0.6) is 0 Å². The molecule has 0 saturated carbocycles. The van der Waals surface area contributed by atoms with Gasteiger partial charge in [-0.05, 0) is 18.4 Å². The van der Waals surface area contributed by atoms with Gasteiger partial charge in [0.2, 0.25) is 0 Å². The number of nitrogens with zero attached hydrogens (tertiary/aromatic N) is 2. The molecule has 0 saturated heterocycles. The van der Waals surface area contributed by atoms with Crippen LogP contribution in [0.1, 0.15) is 37.3 Å². The number of aryl methyl sites for hydroxylation is 2. The molecule has 1 unspecified atom stereocenters. The van der Waals surface area contributed by atoms with E-state index in [0.29, 0.717) is 0 Å². The van der Waals surface area contributed by atoms with E-state index in [-0.39, 0.29) is 0 Å². The van der Waals surface area contributed by atoms with Crippen molar-refractivity contribution in [2.24, 2.45) is 0 Å². The van der Waals surface area contributed by atoms with Crippen molar-refractivity contribution in [1.29, 1.82) is 0 Å². The van der Waals surface area contributed by atoms with Crippen molar-refractivity contribution in [3.63, 3.8) is 0 Å². The Kier molecular flexibility index (Phi) is 4.53. The summed E-state index contributed by atoms with van der Waals surface area (Å²) in [7, 11) is 0. The van der Waals surface area contributed by atoms with Gasteiger partial charge in [0.15, 0.2) is 0 Å². The SMILES string of the molecule is CCCc1nccn1CCC(O)c1ccccc1. The fraction of sp³-hybridized carbons (Fsp3) is 0.400. The van der Waals surface area contributed by atoms with Crippen molar-refractivity contribution < 1.29 is 5.11 Å². The van der Waals surface area contributed by atoms with Gasteiger partial charge in [-0.25, -0.2) is 4.98 Å². The van der Waals surface area contributed by atoms with Crippen LogP contribution in [0.3, 0.4) is 0 Å². The second-order valence-corrected chi connectivity index (χ2v) is 4.50. The third-order valence-electron chi connectivity index (χ3n) is 3.10. The number of aliphatic hydroxyl groups is 1. The lowest BCUT2D eigenvalue weighted by Crippen LogP contribution is -2.07. The highest BCUT2D eigenvalue weighted by Crippen LogP contribution is 2.17. The van der Waals surface area contributed by atoms with Crippen LogP contribution in [-0.2, 0) is 13.0 Å². The van der Waals surface area contributed by atoms with Crippen molar-refractivity contribution in [3.8, 4) is 0 Å². The molecule has 0 fully saturated rings. The third-order valence-corrected chi connectivity index (χ3v) is 3.10. The van der Waals surface area contributed by atoms with Crippen LogP contribution in [0.15, 0.2) is 42.7 Å². The molecule has 1 aromatic heterocycles. The van der Waals surface area contributed by atoms with E-state index in [1.807, 2.05) is 42.7 Å². The highest BCUT2D eigenvalue weighted by molar-refractivity contribution is 5.17. The molecule has 1 atom stereocenters. The Bertz CT molecular complexity index is 464. The fourth-order valence-electron chi connectivity index (χ4n) is 2.10. The summed E-state index contributed by atoms with van der Waals surface area (Å²) in [5.41, 5.74) is 0.981. The Morgan fingerprint density at radius 2 is 2.06 bits per heavy atom. The number of imidazole rings is 1. The summed E-state index contributed by atoms with van der Waals surface area (Å²) in [6.07, 6.45) is 6.23. The summed E-state index contributed by atoms with van der Waals surface area (Å²) < 4.78 is 2.13. The van der Waals surface area contributed by atoms with Gasteiger partial charge in [0.05, 0.1) is 6.10 Å². The average molecular weight is 244 g/mol. The first-order valence-electron chi connectivity index (χ1n) is 6.54. The van der Waals surface area contributed by atoms with Crippen LogP contribution in [0.2, 0.25) is 0 Å². The second kappa shape index (κ2) is 6.36. The average Bonchev–Trinajstić information content (AvgIpc) is 2.85. The number of rotatable bonds is 6. The zero-order valence-corrected chi connectivity index (χ0v) is 10.8. The lowest BCUT2D eigenvalue weighted by atomic mass is 10.1. The normalized spacial score (nSPS) is 12.6. The van der Waals surface area contributed by atoms with Gasteiger partial charge >= 0.3 is 0 Å². The number of aliphatic hydroxyl groups excluding tert-OH is 1. The minimum absolute atomic E-state index is 0.400. The molecule has 1 heterocycles. The number of aromatic nitrogens is 2. The first-order chi connectivity index (χ1) is 8.81. The van der Waals surface area contributed by atoms with Gasteiger partial charge < -0.3 is 9.67 Å². The molecule has 0 amide bonds. The van der Waals surface area contributed by atoms with Crippen LogP contribution in [-0.4, -0.2) is 14.7 Å². The van der Waals surface area contributed by atoms with Crippen molar-refractivity contribution in [2.75, 3.05) is 0 Å². The molecule has 2 aromatic rings. The molecule has 0 spiro atoms. The van der Waals surface area contributed by atoms with E-state index >= 15 is 0 Å². The van der Waals surface area contributed by atoms with E-state index in [1.165, 1.54) is 0 Å². The molecule has 3 nitrogen and oxygen atoms in total. The molecule has 0 aliphatic carbocycles. The quantitative estimate of drug-likeness (QED) is 0.848. The van der Waals surface area contributed by atoms with Gasteiger partial charge in [0.25, 0.3) is 0 Å². The van der Waals surface area contributed by atoms with E-state index in [9.17, 15) is 5.11 Å². The summed E-state index contributed by atoms with van der Waals surface area (Å²) in [4.78, 5) is 4.34. The van der Waals surface area contributed by atoms with Gasteiger partial charge in [-0.2, -0.15) is 0 Å². The largest absolute Gasteiger partial charge is 0.388 e. The number of hydrogen-bond donors (Lipinski definition) is 1. The molecular weight excluding hydrogens is 224 g/mol. The molecule has 3 heteroatoms. The first kappa shape index (κ1) is 12.8. The van der Waals surface area contributed by atoms with Gasteiger partial charge in [-0.1, -0.05) is 37.3 Å². The summed E-state index contributed by atoms with van der Waals surface area (Å²) in [6.45, 7) is 2.96. The zero-order chi connectivity index (χ0) is 12.8. The van der Waals surface area contributed by atoms with E-state index in [0.717, 1.165) is 37.2 Å². The highest BCUT2D eigenvalue weighted by Gasteiger charge is 2.08. The standard InChI is InChI=1S/C15H20N2O/c1-2-6-15-16-10-12-17(15)11-9-14(18)13-7-4-3-5-8-13/h3-5,7-8,10,12,14,18H,2,6,9,11H2,1H3. The van der Waals surface area contributed by atoms with Crippen LogP contribution >= 0.6 is 0 Å². The predicted octanol–water partition coefficient (Wildman–Crippen LogP) is 2.96. The number of benzene rings is 1. The van der Waals surface area contributed by atoms with Crippen LogP contribution in [0, 0.1) is 0 Å². The molecule has 18 heavy (non-hydrogen) atoms. The highest BCUT2D eigenvalue weighted by atomic mass is 16.3. The van der Waals surface area contributed by atoms with Gasteiger partial charge in [0, 0.05) is 25.4 Å². The summed E-state index contributed by atoms with van der Waals surface area (Å²) in [5.74, 6) is 1.11. The Morgan fingerprint density at radius 3 is 2.78 bits per heavy atom. The molecule has 1 N–H and O–H groups in total. The molecule has 0 radical (unpaired) electrons. The van der Waals surface area contributed by atoms with Crippen LogP contribution in [0.25, 0.3) is 0 Å². The van der Waals surface area contributed by atoms with E-state index in [2.05, 4.69) is 16.5 Å². The minimum atomic E-state index is -0.400. The van der Waals surface area contributed by atoms with Crippen molar-refractivity contribution in [1.82, 2.24) is 9.55 Å². The maximum atomic E-state index is 10.1. The lowest BCUT2D eigenvalue weighted by molar-refractivity contribution is 0.160. The molecule has 96 valence electrons. The zero-order valence-electron chi connectivity index (χ0n) is 10.8. The lowest BCUT2D eigenvalue weighted by Gasteiger charge is -2.12. The Balaban J connectivity index is 1.93. The summed E-state index contributed by atoms with van der Waals surface area (Å²) in [5, 5.41) is 10.1. The first-order valence-corrected chi connectivity index (χ1v) is 6.54. The van der Waals surface area contributed by atoms with Crippen molar-refractivity contribution in [3.05, 3.63) is 54.1 Å². The Morgan fingerprint density at radius 1 is 1.28 bits per heavy atom. The smallest absolute Gasteiger partial charge is 0.108 e. The number of hydrogen-bond acceptors (Lipinski definition) is 2. The predicted molar refractivity (Wildman–Crippen MR) is 72.2 cm³/mol. The molecule has 0 bridgehead atoms. The molecule has 2 rings (SSSR count). The van der Waals surface area contributed by atoms with Crippen molar-refractivity contribution >= 4 is 0 Å². The van der Waals surface area contributed by atoms with Crippen LogP contribution < -0.4 is 0 Å². The maximum Gasteiger partial charge on any atom is 0.108 e. The maximum absolute atomic E-state index is 10.1.